The average Bonchev–Trinajstić information content (AvgIpc) is 3.27. The van der Waals surface area contributed by atoms with Gasteiger partial charge in [-0.3, -0.25) is 0 Å². The topological polar surface area (TPSA) is 50.1 Å². The van der Waals surface area contributed by atoms with Crippen molar-refractivity contribution in [3.05, 3.63) is 109 Å². The van der Waals surface area contributed by atoms with Crippen molar-refractivity contribution in [3.8, 4) is 12.8 Å². The van der Waals surface area contributed by atoms with Crippen LogP contribution in [-0.4, -0.2) is 18.6 Å². The van der Waals surface area contributed by atoms with Crippen LogP contribution in [0.3, 0.4) is 0 Å². The lowest BCUT2D eigenvalue weighted by molar-refractivity contribution is 0.493. The molecule has 0 amide bonds. The second-order valence-electron chi connectivity index (χ2n) is 10.6. The van der Waals surface area contributed by atoms with Gasteiger partial charge < -0.3 is 16.4 Å². The lowest BCUT2D eigenvalue weighted by Crippen LogP contribution is -2.31. The van der Waals surface area contributed by atoms with Crippen LogP contribution in [0.25, 0.3) is 0 Å². The van der Waals surface area contributed by atoms with Gasteiger partial charge in [-0.05, 0) is 109 Å². The van der Waals surface area contributed by atoms with E-state index in [1.54, 1.807) is 5.57 Å². The number of hydrogen-bond donors (Lipinski definition) is 3. The summed E-state index contributed by atoms with van der Waals surface area (Å²) in [7, 11) is 0. The Labute approximate surface area is 268 Å². The second kappa shape index (κ2) is 31.7. The molecule has 3 heteroatoms. The molecule has 0 bridgehead atoms. The summed E-state index contributed by atoms with van der Waals surface area (Å²) in [5.41, 5.74) is 11.7. The zero-order valence-corrected chi connectivity index (χ0v) is 29.1. The van der Waals surface area contributed by atoms with Gasteiger partial charge in [-0.15, -0.1) is 26.0 Å². The maximum Gasteiger partial charge on any atom is 0.0918 e. The molecule has 2 atom stereocenters. The van der Waals surface area contributed by atoms with E-state index in [0.717, 1.165) is 38.0 Å². The molecule has 0 saturated carbocycles. The minimum atomic E-state index is 0.580. The monoisotopic (exact) mass is 590 g/mol. The number of nitrogens with two attached hydrogens (primary N) is 1. The molecule has 0 aromatic carbocycles. The summed E-state index contributed by atoms with van der Waals surface area (Å²) in [6, 6.07) is 1.18. The summed E-state index contributed by atoms with van der Waals surface area (Å²) < 4.78 is 0. The Morgan fingerprint density at radius 2 is 1.58 bits per heavy atom. The zero-order valence-electron chi connectivity index (χ0n) is 29.1. The van der Waals surface area contributed by atoms with Gasteiger partial charge in [0.25, 0.3) is 0 Å². The highest BCUT2D eigenvalue weighted by atomic mass is 15.2. The van der Waals surface area contributed by atoms with Gasteiger partial charge in [-0.25, -0.2) is 0 Å². The number of unbranched alkanes of at least 4 members (excludes halogenated alkanes) is 2. The molecule has 0 spiro atoms. The van der Waals surface area contributed by atoms with Crippen molar-refractivity contribution < 1.29 is 0 Å². The van der Waals surface area contributed by atoms with Crippen LogP contribution in [-0.2, 0) is 0 Å². The Balaban J connectivity index is -0.000000632. The number of rotatable bonds is 12. The largest absolute Gasteiger partial charge is 0.368 e. The van der Waals surface area contributed by atoms with Crippen LogP contribution in [0.1, 0.15) is 113 Å². The first kappa shape index (κ1) is 44.2. The van der Waals surface area contributed by atoms with Gasteiger partial charge in [0, 0.05) is 6.04 Å². The van der Waals surface area contributed by atoms with E-state index in [0.29, 0.717) is 12.1 Å². The Bertz CT molecular complexity index is 936. The van der Waals surface area contributed by atoms with Crippen LogP contribution in [0.4, 0.5) is 0 Å². The van der Waals surface area contributed by atoms with E-state index in [2.05, 4.69) is 133 Å². The van der Waals surface area contributed by atoms with Crippen molar-refractivity contribution in [3.63, 3.8) is 0 Å². The Morgan fingerprint density at radius 1 is 1.00 bits per heavy atom. The molecule has 0 aromatic heterocycles. The average molecular weight is 590 g/mol. The molecular formula is C40H67N3. The minimum Gasteiger partial charge on any atom is -0.368 e. The van der Waals surface area contributed by atoms with Crippen molar-refractivity contribution in [2.45, 2.75) is 125 Å². The summed E-state index contributed by atoms with van der Waals surface area (Å²) in [5, 5.41) is 6.86. The van der Waals surface area contributed by atoms with Gasteiger partial charge in [0.15, 0.2) is 0 Å². The lowest BCUT2D eigenvalue weighted by Gasteiger charge is -2.14. The highest BCUT2D eigenvalue weighted by Gasteiger charge is 2.28. The Hall–Kier alpha value is -3.22. The molecule has 2 aliphatic rings. The van der Waals surface area contributed by atoms with Crippen molar-refractivity contribution in [1.29, 1.82) is 0 Å². The molecule has 1 fully saturated rings. The quantitative estimate of drug-likeness (QED) is 0.0918. The molecule has 1 aliphatic heterocycles. The fraction of sp³-hybridized carbons (Fsp3) is 0.500. The SMILES string of the molecule is C#C.C=C.C=C(C)/C(=C/C=C\C)CCC/C=C/C(C)=C(C)\C=C\CC.C=C1NC2CC=C(CCCC)CCC2N1.CCN. The van der Waals surface area contributed by atoms with E-state index >= 15 is 0 Å². The maximum absolute atomic E-state index is 4.85. The van der Waals surface area contributed by atoms with Crippen LogP contribution in [0.5, 0.6) is 0 Å². The first-order valence-corrected chi connectivity index (χ1v) is 16.1. The normalized spacial score (nSPS) is 18.0. The van der Waals surface area contributed by atoms with Gasteiger partial charge in [0.05, 0.1) is 11.9 Å². The molecule has 0 radical (unpaired) electrons. The van der Waals surface area contributed by atoms with Crippen LogP contribution in [0.15, 0.2) is 109 Å². The zero-order chi connectivity index (χ0) is 33.5. The molecule has 1 saturated heterocycles. The van der Waals surface area contributed by atoms with Crippen LogP contribution < -0.4 is 16.4 Å². The standard InChI is InChI=1S/C21H32.C13H22N2.C2H7N.C2H4.C2H2/c1-7-9-14-19(5)20(6)15-12-11-13-17-21(18(3)4)16-10-8-2;1-3-4-5-11-6-8-12-13(9-7-11)15-10(2)14-12;1-2-3;2*1-2/h8-10,12,14-16H,3,7,11,13,17H2,1-2,4-6H3;6,12-15H,2-5,7-9H2,1H3;2-3H2,1H3;1-2H2;1-2H/b10-8-,14-9+,15-12+,20-19-,21-16+;;;;. The molecule has 1 aliphatic carbocycles. The highest BCUT2D eigenvalue weighted by Crippen LogP contribution is 2.25. The third-order valence-electron chi connectivity index (χ3n) is 6.94. The van der Waals surface area contributed by atoms with E-state index in [1.165, 1.54) is 60.8 Å². The molecule has 0 aromatic rings. The van der Waals surface area contributed by atoms with Gasteiger partial charge in [-0.1, -0.05) is 100 Å². The predicted molar refractivity (Wildman–Crippen MR) is 199 cm³/mol. The number of nitrogens with one attached hydrogen (secondary N) is 2. The fourth-order valence-electron chi connectivity index (χ4n) is 4.43. The third-order valence-corrected chi connectivity index (χ3v) is 6.94. The van der Waals surface area contributed by atoms with E-state index in [4.69, 9.17) is 5.73 Å². The smallest absolute Gasteiger partial charge is 0.0918 e. The lowest BCUT2D eigenvalue weighted by atomic mass is 10.0. The van der Waals surface area contributed by atoms with Gasteiger partial charge in [0.1, 0.15) is 0 Å². The number of terminal acetylenes is 1. The van der Waals surface area contributed by atoms with Crippen LogP contribution in [0.2, 0.25) is 0 Å². The van der Waals surface area contributed by atoms with Gasteiger partial charge >= 0.3 is 0 Å². The first-order chi connectivity index (χ1) is 20.7. The van der Waals surface area contributed by atoms with Crippen molar-refractivity contribution in [2.75, 3.05) is 6.54 Å². The van der Waals surface area contributed by atoms with Crippen molar-refractivity contribution in [1.82, 2.24) is 10.6 Å². The second-order valence-corrected chi connectivity index (χ2v) is 10.6. The molecule has 2 unspecified atom stereocenters. The van der Waals surface area contributed by atoms with E-state index < -0.39 is 0 Å². The Kier molecular flexibility index (Phi) is 32.6. The summed E-state index contributed by atoms with van der Waals surface area (Å²) in [5.74, 6) is 1.01. The minimum absolute atomic E-state index is 0.580. The summed E-state index contributed by atoms with van der Waals surface area (Å²) in [4.78, 5) is 0. The predicted octanol–water partition coefficient (Wildman–Crippen LogP) is 10.8. The van der Waals surface area contributed by atoms with Crippen LogP contribution >= 0.6 is 0 Å². The Morgan fingerprint density at radius 3 is 2.12 bits per heavy atom. The molecule has 3 nitrogen and oxygen atoms in total. The molecule has 1 heterocycles. The van der Waals surface area contributed by atoms with Crippen molar-refractivity contribution in [2.24, 2.45) is 5.73 Å². The molecule has 43 heavy (non-hydrogen) atoms. The molecule has 2 rings (SSSR count). The summed E-state index contributed by atoms with van der Waals surface area (Å²) >= 11 is 0. The van der Waals surface area contributed by atoms with Crippen molar-refractivity contribution >= 4 is 0 Å². The molecule has 4 N–H and O–H groups in total. The van der Waals surface area contributed by atoms with E-state index in [9.17, 15) is 0 Å². The highest BCUT2D eigenvalue weighted by molar-refractivity contribution is 5.31. The van der Waals surface area contributed by atoms with E-state index in [1.807, 2.05) is 13.8 Å². The summed E-state index contributed by atoms with van der Waals surface area (Å²) in [6.07, 6.45) is 37.8. The van der Waals surface area contributed by atoms with E-state index in [-0.39, 0.29) is 0 Å². The van der Waals surface area contributed by atoms with Crippen LogP contribution in [0, 0.1) is 12.8 Å². The summed E-state index contributed by atoms with van der Waals surface area (Å²) in [6.45, 7) is 29.5. The number of hydrogen-bond acceptors (Lipinski definition) is 3. The molecular weight excluding hydrogens is 522 g/mol. The fourth-order valence-corrected chi connectivity index (χ4v) is 4.43. The number of fused-ring (bicyclic) bond motifs is 1. The third kappa shape index (κ3) is 24.0. The van der Waals surface area contributed by atoms with Gasteiger partial charge in [-0.2, -0.15) is 0 Å². The molecule has 242 valence electrons. The maximum atomic E-state index is 4.85. The first-order valence-electron chi connectivity index (χ1n) is 16.1. The number of allylic oxidation sites excluding steroid dienone is 12. The van der Waals surface area contributed by atoms with Gasteiger partial charge in [0.2, 0.25) is 0 Å².